The summed E-state index contributed by atoms with van der Waals surface area (Å²) in [5.41, 5.74) is 0.978. The van der Waals surface area contributed by atoms with Crippen molar-refractivity contribution in [2.45, 2.75) is 25.9 Å². The number of hydrogen-bond donors (Lipinski definition) is 1. The predicted octanol–water partition coefficient (Wildman–Crippen LogP) is 0.304. The van der Waals surface area contributed by atoms with Crippen LogP contribution in [0.2, 0.25) is 0 Å². The predicted molar refractivity (Wildman–Crippen MR) is 47.7 cm³/mol. The van der Waals surface area contributed by atoms with Gasteiger partial charge in [0, 0.05) is 12.3 Å². The zero-order valence-corrected chi connectivity index (χ0v) is 7.80. The minimum atomic E-state index is -1.22. The highest BCUT2D eigenvalue weighted by atomic mass is 16.4. The average Bonchev–Trinajstić information content (AvgIpc) is 2.39. The van der Waals surface area contributed by atoms with Crippen LogP contribution in [0.4, 0.5) is 4.79 Å². The number of hydrogen-bond acceptors (Lipinski definition) is 4. The zero-order valence-electron chi connectivity index (χ0n) is 7.80. The maximum absolute atomic E-state index is 11.3. The van der Waals surface area contributed by atoms with E-state index >= 15 is 0 Å². The van der Waals surface area contributed by atoms with E-state index in [0.29, 0.717) is 13.0 Å². The minimum Gasteiger partial charge on any atom is -0.464 e. The fraction of sp³-hybridized carbons (Fsp3) is 0.625. The van der Waals surface area contributed by atoms with Crippen LogP contribution in [0.5, 0.6) is 0 Å². The number of hydrazine groups is 1. The van der Waals surface area contributed by atoms with Gasteiger partial charge >= 0.3 is 6.09 Å². The molecule has 1 fully saturated rings. The van der Waals surface area contributed by atoms with Crippen molar-refractivity contribution in [3.63, 3.8) is 0 Å². The fourth-order valence-corrected chi connectivity index (χ4v) is 1.80. The van der Waals surface area contributed by atoms with Gasteiger partial charge in [0.15, 0.2) is 0 Å². The summed E-state index contributed by atoms with van der Waals surface area (Å²) in [4.78, 5) is 26.3. The van der Waals surface area contributed by atoms with Crippen molar-refractivity contribution in [1.29, 1.82) is 0 Å². The van der Waals surface area contributed by atoms with Crippen molar-refractivity contribution < 1.29 is 14.7 Å². The van der Waals surface area contributed by atoms with Crippen molar-refractivity contribution in [2.75, 3.05) is 6.54 Å². The molecule has 0 bridgehead atoms. The molecule has 1 N–H and O–H groups in total. The van der Waals surface area contributed by atoms with Gasteiger partial charge in [-0.2, -0.15) is 10.0 Å². The van der Waals surface area contributed by atoms with E-state index in [4.69, 9.17) is 5.11 Å². The summed E-state index contributed by atoms with van der Waals surface area (Å²) in [6.45, 7) is 2.45. The summed E-state index contributed by atoms with van der Waals surface area (Å²) in [6, 6.07) is 0. The number of aliphatic imine (C=N–C) groups is 1. The third-order valence-electron chi connectivity index (χ3n) is 2.45. The third-order valence-corrected chi connectivity index (χ3v) is 2.45. The Kier molecular flexibility index (Phi) is 1.99. The number of fused-ring (bicyclic) bond motifs is 1. The number of carbonyl (C=O) groups excluding carboxylic acids is 1. The molecule has 76 valence electrons. The lowest BCUT2D eigenvalue weighted by molar-refractivity contribution is -0.134. The molecule has 1 unspecified atom stereocenters. The molecule has 1 atom stereocenters. The van der Waals surface area contributed by atoms with Gasteiger partial charge in [-0.15, -0.1) is 0 Å². The van der Waals surface area contributed by atoms with Crippen LogP contribution >= 0.6 is 0 Å². The summed E-state index contributed by atoms with van der Waals surface area (Å²) >= 11 is 0. The van der Waals surface area contributed by atoms with Gasteiger partial charge in [0.25, 0.3) is 0 Å². The Labute approximate surface area is 80.8 Å². The molecule has 14 heavy (non-hydrogen) atoms. The topological polar surface area (TPSA) is 73.2 Å². The minimum absolute atomic E-state index is 0.170. The summed E-state index contributed by atoms with van der Waals surface area (Å²) < 4.78 is 0. The molecule has 0 aromatic heterocycles. The molecule has 0 aromatic rings. The van der Waals surface area contributed by atoms with Gasteiger partial charge in [-0.3, -0.25) is 9.79 Å². The van der Waals surface area contributed by atoms with Crippen LogP contribution in [0, 0.1) is 0 Å². The standard InChI is InChI=1S/C8H11N3O3/c1-5-2-3-10-6(9-5)4-7(12)11(10)8(13)14/h6H,2-4H2,1H3,(H,13,14). The highest BCUT2D eigenvalue weighted by molar-refractivity contribution is 5.93. The summed E-state index contributed by atoms with van der Waals surface area (Å²) in [7, 11) is 0. The van der Waals surface area contributed by atoms with Gasteiger partial charge in [-0.1, -0.05) is 0 Å². The van der Waals surface area contributed by atoms with Gasteiger partial charge in [0.1, 0.15) is 6.17 Å². The molecule has 0 radical (unpaired) electrons. The first-order valence-corrected chi connectivity index (χ1v) is 4.45. The Balaban J connectivity index is 2.26. The number of rotatable bonds is 0. The zero-order chi connectivity index (χ0) is 10.3. The largest absolute Gasteiger partial charge is 0.464 e. The summed E-state index contributed by atoms with van der Waals surface area (Å²) in [6.07, 6.45) is -0.628. The van der Waals surface area contributed by atoms with Gasteiger partial charge in [-0.05, 0) is 13.3 Å². The van der Waals surface area contributed by atoms with Crippen LogP contribution in [0.1, 0.15) is 19.8 Å². The van der Waals surface area contributed by atoms with E-state index in [1.807, 2.05) is 6.92 Å². The summed E-state index contributed by atoms with van der Waals surface area (Å²) in [5.74, 6) is -0.388. The molecule has 6 heteroatoms. The first-order valence-electron chi connectivity index (χ1n) is 4.45. The SMILES string of the molecule is CC1=NC2CC(=O)N(C(=O)O)N2CC1. The van der Waals surface area contributed by atoms with E-state index < -0.39 is 6.09 Å². The highest BCUT2D eigenvalue weighted by Gasteiger charge is 2.42. The van der Waals surface area contributed by atoms with E-state index in [1.165, 1.54) is 5.01 Å². The Morgan fingerprint density at radius 1 is 1.64 bits per heavy atom. The molecule has 6 nitrogen and oxygen atoms in total. The normalized spacial score (nSPS) is 27.5. The van der Waals surface area contributed by atoms with Crippen molar-refractivity contribution in [3.8, 4) is 0 Å². The smallest absolute Gasteiger partial charge is 0.429 e. The Morgan fingerprint density at radius 2 is 2.36 bits per heavy atom. The Morgan fingerprint density at radius 3 is 3.00 bits per heavy atom. The molecule has 2 amide bonds. The van der Waals surface area contributed by atoms with Crippen LogP contribution in [0.15, 0.2) is 4.99 Å². The average molecular weight is 197 g/mol. The number of carbonyl (C=O) groups is 2. The van der Waals surface area contributed by atoms with E-state index in [-0.39, 0.29) is 18.5 Å². The second-order valence-corrected chi connectivity index (χ2v) is 3.45. The maximum atomic E-state index is 11.3. The Hall–Kier alpha value is -1.43. The molecule has 1 saturated heterocycles. The summed E-state index contributed by atoms with van der Waals surface area (Å²) in [5, 5.41) is 11.1. The second kappa shape index (κ2) is 3.06. The fourth-order valence-electron chi connectivity index (χ4n) is 1.80. The van der Waals surface area contributed by atoms with Crippen LogP contribution in [-0.2, 0) is 4.79 Å². The number of carboxylic acid groups (broad SMARTS) is 1. The molecule has 0 saturated carbocycles. The van der Waals surface area contributed by atoms with E-state index in [9.17, 15) is 9.59 Å². The highest BCUT2D eigenvalue weighted by Crippen LogP contribution is 2.24. The lowest BCUT2D eigenvalue weighted by Crippen LogP contribution is -2.47. The molecular weight excluding hydrogens is 186 g/mol. The Bertz CT molecular complexity index is 326. The van der Waals surface area contributed by atoms with Gasteiger partial charge in [-0.25, -0.2) is 4.79 Å². The quantitative estimate of drug-likeness (QED) is 0.606. The lowest BCUT2D eigenvalue weighted by Gasteiger charge is -2.29. The van der Waals surface area contributed by atoms with E-state index in [0.717, 1.165) is 10.7 Å². The van der Waals surface area contributed by atoms with Crippen molar-refractivity contribution in [3.05, 3.63) is 0 Å². The number of nitrogens with zero attached hydrogens (tertiary/aromatic N) is 3. The number of imide groups is 1. The lowest BCUT2D eigenvalue weighted by atomic mass is 10.2. The second-order valence-electron chi connectivity index (χ2n) is 3.45. The van der Waals surface area contributed by atoms with E-state index in [1.54, 1.807) is 0 Å². The molecule has 2 aliphatic heterocycles. The molecule has 0 spiro atoms. The molecule has 0 aliphatic carbocycles. The molecule has 2 heterocycles. The first kappa shape index (κ1) is 9.14. The molecule has 2 rings (SSSR count). The van der Waals surface area contributed by atoms with Gasteiger partial charge < -0.3 is 5.11 Å². The van der Waals surface area contributed by atoms with Crippen LogP contribution < -0.4 is 0 Å². The van der Waals surface area contributed by atoms with Gasteiger partial charge in [0.2, 0.25) is 5.91 Å². The monoisotopic (exact) mass is 197 g/mol. The van der Waals surface area contributed by atoms with E-state index in [2.05, 4.69) is 4.99 Å². The van der Waals surface area contributed by atoms with Gasteiger partial charge in [0.05, 0.1) is 6.42 Å². The first-order chi connectivity index (χ1) is 6.59. The molecular formula is C8H11N3O3. The third kappa shape index (κ3) is 1.27. The van der Waals surface area contributed by atoms with Crippen LogP contribution in [0.25, 0.3) is 0 Å². The molecule has 0 aromatic carbocycles. The van der Waals surface area contributed by atoms with Crippen LogP contribution in [-0.4, -0.2) is 45.5 Å². The molecule has 2 aliphatic rings. The van der Waals surface area contributed by atoms with Crippen molar-refractivity contribution >= 4 is 17.7 Å². The number of amides is 2. The van der Waals surface area contributed by atoms with Crippen molar-refractivity contribution in [2.24, 2.45) is 4.99 Å². The van der Waals surface area contributed by atoms with Crippen molar-refractivity contribution in [1.82, 2.24) is 10.0 Å². The maximum Gasteiger partial charge on any atom is 0.429 e. The van der Waals surface area contributed by atoms with Crippen LogP contribution in [0.3, 0.4) is 0 Å².